The Morgan fingerprint density at radius 3 is 2.56 bits per heavy atom. The van der Waals surface area contributed by atoms with Gasteiger partial charge in [-0.1, -0.05) is 30.0 Å². The average molecular weight is 295 g/mol. The Balaban J connectivity index is 2.34. The summed E-state index contributed by atoms with van der Waals surface area (Å²) in [6.07, 6.45) is 0. The number of halogens is 1. The van der Waals surface area contributed by atoms with E-state index in [2.05, 4.69) is 15.9 Å². The molecule has 0 atom stereocenters. The van der Waals surface area contributed by atoms with Crippen molar-refractivity contribution in [1.82, 2.24) is 0 Å². The van der Waals surface area contributed by atoms with Gasteiger partial charge in [0.2, 0.25) is 0 Å². The maximum atomic E-state index is 9.75. The Morgan fingerprint density at radius 2 is 1.81 bits per heavy atom. The third-order valence-corrected chi connectivity index (χ3v) is 4.25. The summed E-state index contributed by atoms with van der Waals surface area (Å²) in [7, 11) is 0. The van der Waals surface area contributed by atoms with Gasteiger partial charge in [-0.2, -0.15) is 0 Å². The Hall–Kier alpha value is -0.930. The first-order valence-corrected chi connectivity index (χ1v) is 6.50. The molecule has 0 radical (unpaired) electrons. The van der Waals surface area contributed by atoms with Crippen molar-refractivity contribution in [2.45, 2.75) is 16.7 Å². The quantitative estimate of drug-likeness (QED) is 0.872. The molecule has 82 valence electrons. The van der Waals surface area contributed by atoms with E-state index in [-0.39, 0.29) is 0 Å². The molecule has 2 aromatic rings. The van der Waals surface area contributed by atoms with Gasteiger partial charge in [0.25, 0.3) is 0 Å². The predicted molar refractivity (Wildman–Crippen MR) is 71.1 cm³/mol. The summed E-state index contributed by atoms with van der Waals surface area (Å²) in [6.45, 7) is 2.02. The number of aryl methyl sites for hydroxylation is 1. The minimum absolute atomic E-state index is 0.325. The molecule has 0 aliphatic heterocycles. The van der Waals surface area contributed by atoms with Crippen molar-refractivity contribution >= 4 is 27.7 Å². The van der Waals surface area contributed by atoms with Crippen molar-refractivity contribution in [3.63, 3.8) is 0 Å². The van der Waals surface area contributed by atoms with E-state index in [1.165, 1.54) is 0 Å². The van der Waals surface area contributed by atoms with Crippen molar-refractivity contribution < 1.29 is 5.11 Å². The molecule has 0 fully saturated rings. The van der Waals surface area contributed by atoms with E-state index >= 15 is 0 Å². The standard InChI is InChI=1S/C13H11BrOS/c1-9-6-7-11(15)13(8-9)16-12-5-3-2-4-10(12)14/h2-8,15H,1H3. The number of phenolic OH excluding ortho intramolecular Hbond substituents is 1. The predicted octanol–water partition coefficient (Wildman–Crippen LogP) is 4.61. The highest BCUT2D eigenvalue weighted by molar-refractivity contribution is 9.10. The molecular formula is C13H11BrOS. The number of benzene rings is 2. The first-order valence-electron chi connectivity index (χ1n) is 4.89. The smallest absolute Gasteiger partial charge is 0.129 e. The molecule has 0 spiro atoms. The fourth-order valence-corrected chi connectivity index (χ4v) is 2.84. The van der Waals surface area contributed by atoms with Crippen molar-refractivity contribution in [2.75, 3.05) is 0 Å². The number of hydrogen-bond acceptors (Lipinski definition) is 2. The van der Waals surface area contributed by atoms with Crippen LogP contribution in [-0.2, 0) is 0 Å². The second-order valence-corrected chi connectivity index (χ2v) is 5.44. The molecule has 1 N–H and O–H groups in total. The van der Waals surface area contributed by atoms with Gasteiger partial charge < -0.3 is 5.11 Å². The van der Waals surface area contributed by atoms with Crippen molar-refractivity contribution in [3.05, 3.63) is 52.5 Å². The van der Waals surface area contributed by atoms with Crippen LogP contribution in [0.3, 0.4) is 0 Å². The lowest BCUT2D eigenvalue weighted by Gasteiger charge is -2.06. The van der Waals surface area contributed by atoms with Crippen LogP contribution in [0.1, 0.15) is 5.56 Å². The first kappa shape index (κ1) is 11.6. The van der Waals surface area contributed by atoms with Crippen LogP contribution in [0.25, 0.3) is 0 Å². The molecule has 3 heteroatoms. The summed E-state index contributed by atoms with van der Waals surface area (Å²) in [6, 6.07) is 13.6. The fraction of sp³-hybridized carbons (Fsp3) is 0.0769. The molecule has 1 nitrogen and oxygen atoms in total. The van der Waals surface area contributed by atoms with Gasteiger partial charge in [-0.3, -0.25) is 0 Å². The zero-order valence-electron chi connectivity index (χ0n) is 8.77. The van der Waals surface area contributed by atoms with Crippen molar-refractivity contribution in [3.8, 4) is 5.75 Å². The minimum Gasteiger partial charge on any atom is -0.507 e. The van der Waals surface area contributed by atoms with Gasteiger partial charge in [0.1, 0.15) is 5.75 Å². The summed E-state index contributed by atoms with van der Waals surface area (Å²) in [5.41, 5.74) is 1.15. The van der Waals surface area contributed by atoms with Gasteiger partial charge in [0.15, 0.2) is 0 Å². The highest BCUT2D eigenvalue weighted by Gasteiger charge is 2.05. The lowest BCUT2D eigenvalue weighted by atomic mass is 10.2. The topological polar surface area (TPSA) is 20.2 Å². The van der Waals surface area contributed by atoms with E-state index in [1.807, 2.05) is 43.3 Å². The van der Waals surface area contributed by atoms with Gasteiger partial charge in [0.05, 0.1) is 4.90 Å². The van der Waals surface area contributed by atoms with Crippen LogP contribution in [-0.4, -0.2) is 5.11 Å². The Kier molecular flexibility index (Phi) is 3.56. The molecule has 0 aromatic heterocycles. The molecule has 2 aromatic carbocycles. The summed E-state index contributed by atoms with van der Waals surface area (Å²) < 4.78 is 1.04. The molecule has 0 aliphatic rings. The van der Waals surface area contributed by atoms with Crippen LogP contribution >= 0.6 is 27.7 Å². The van der Waals surface area contributed by atoms with Crippen LogP contribution < -0.4 is 0 Å². The zero-order valence-corrected chi connectivity index (χ0v) is 11.2. The lowest BCUT2D eigenvalue weighted by molar-refractivity contribution is 0.462. The van der Waals surface area contributed by atoms with Gasteiger partial charge in [-0.15, -0.1) is 0 Å². The molecule has 0 saturated carbocycles. The summed E-state index contributed by atoms with van der Waals surface area (Å²) in [5, 5.41) is 9.75. The zero-order chi connectivity index (χ0) is 11.5. The second kappa shape index (κ2) is 4.93. The number of aromatic hydroxyl groups is 1. The van der Waals surface area contributed by atoms with Gasteiger partial charge >= 0.3 is 0 Å². The number of phenols is 1. The van der Waals surface area contributed by atoms with Gasteiger partial charge in [0, 0.05) is 9.37 Å². The summed E-state index contributed by atoms with van der Waals surface area (Å²) in [4.78, 5) is 1.98. The van der Waals surface area contributed by atoms with Crippen LogP contribution in [0, 0.1) is 6.92 Å². The number of hydrogen-bond donors (Lipinski definition) is 1. The van der Waals surface area contributed by atoms with Crippen LogP contribution in [0.5, 0.6) is 5.75 Å². The van der Waals surface area contributed by atoms with Crippen LogP contribution in [0.4, 0.5) is 0 Å². The molecular weight excluding hydrogens is 284 g/mol. The molecule has 16 heavy (non-hydrogen) atoms. The summed E-state index contributed by atoms with van der Waals surface area (Å²) in [5.74, 6) is 0.325. The maximum Gasteiger partial charge on any atom is 0.129 e. The highest BCUT2D eigenvalue weighted by atomic mass is 79.9. The highest BCUT2D eigenvalue weighted by Crippen LogP contribution is 2.38. The maximum absolute atomic E-state index is 9.75. The summed E-state index contributed by atoms with van der Waals surface area (Å²) >= 11 is 5.05. The Labute approximate surface area is 108 Å². The Bertz CT molecular complexity index is 511. The Morgan fingerprint density at radius 1 is 1.06 bits per heavy atom. The molecule has 0 aliphatic carbocycles. The molecule has 0 unspecified atom stereocenters. The van der Waals surface area contributed by atoms with Gasteiger partial charge in [-0.05, 0) is 52.7 Å². The normalized spacial score (nSPS) is 10.4. The molecule has 0 amide bonds. The molecule has 0 heterocycles. The monoisotopic (exact) mass is 294 g/mol. The van der Waals surface area contributed by atoms with Crippen molar-refractivity contribution in [2.24, 2.45) is 0 Å². The third kappa shape index (κ3) is 2.60. The van der Waals surface area contributed by atoms with E-state index in [9.17, 15) is 5.11 Å². The van der Waals surface area contributed by atoms with Crippen LogP contribution in [0.2, 0.25) is 0 Å². The van der Waals surface area contributed by atoms with Gasteiger partial charge in [-0.25, -0.2) is 0 Å². The lowest BCUT2D eigenvalue weighted by Crippen LogP contribution is -1.79. The molecule has 0 saturated heterocycles. The SMILES string of the molecule is Cc1ccc(O)c(Sc2ccccc2Br)c1. The first-order chi connectivity index (χ1) is 7.66. The second-order valence-electron chi connectivity index (χ2n) is 3.50. The minimum atomic E-state index is 0.325. The van der Waals surface area contributed by atoms with Crippen LogP contribution in [0.15, 0.2) is 56.7 Å². The molecule has 2 rings (SSSR count). The van der Waals surface area contributed by atoms with Crippen molar-refractivity contribution in [1.29, 1.82) is 0 Å². The molecule has 0 bridgehead atoms. The van der Waals surface area contributed by atoms with E-state index in [4.69, 9.17) is 0 Å². The van der Waals surface area contributed by atoms with E-state index in [0.29, 0.717) is 5.75 Å². The largest absolute Gasteiger partial charge is 0.507 e. The van der Waals surface area contributed by atoms with E-state index in [1.54, 1.807) is 17.8 Å². The van der Waals surface area contributed by atoms with E-state index in [0.717, 1.165) is 19.8 Å². The number of rotatable bonds is 2. The van der Waals surface area contributed by atoms with E-state index < -0.39 is 0 Å². The third-order valence-electron chi connectivity index (χ3n) is 2.17. The fourth-order valence-electron chi connectivity index (χ4n) is 1.35. The average Bonchev–Trinajstić information content (AvgIpc) is 2.27.